The highest BCUT2D eigenvalue weighted by Gasteiger charge is 2.39. The molecule has 0 saturated carbocycles. The first kappa shape index (κ1) is 22.7. The lowest BCUT2D eigenvalue weighted by Crippen LogP contribution is -2.43. The van der Waals surface area contributed by atoms with Gasteiger partial charge in [0.25, 0.3) is 0 Å². The largest absolute Gasteiger partial charge is 0.497 e. The summed E-state index contributed by atoms with van der Waals surface area (Å²) >= 11 is 1.33. The van der Waals surface area contributed by atoms with Crippen molar-refractivity contribution in [2.75, 3.05) is 19.0 Å². The number of carbonyl (C=O) groups excluding carboxylic acids is 1. The van der Waals surface area contributed by atoms with Gasteiger partial charge in [-0.1, -0.05) is 44.2 Å². The van der Waals surface area contributed by atoms with Gasteiger partial charge in [-0.15, -0.1) is 0 Å². The molecule has 32 heavy (non-hydrogen) atoms. The van der Waals surface area contributed by atoms with Crippen molar-refractivity contribution in [1.29, 1.82) is 0 Å². The monoisotopic (exact) mass is 473 g/mol. The summed E-state index contributed by atoms with van der Waals surface area (Å²) in [7, 11) is -2.19. The molecule has 2 heterocycles. The van der Waals surface area contributed by atoms with Gasteiger partial charge in [-0.3, -0.25) is 4.79 Å². The molecule has 0 spiro atoms. The molecule has 1 saturated heterocycles. The minimum Gasteiger partial charge on any atom is -0.497 e. The van der Waals surface area contributed by atoms with E-state index < -0.39 is 16.1 Å². The van der Waals surface area contributed by atoms with Crippen molar-refractivity contribution in [3.8, 4) is 5.75 Å². The molecular formula is C23H27N3O4S2. The van der Waals surface area contributed by atoms with Gasteiger partial charge in [-0.05, 0) is 54.2 Å². The molecule has 1 aromatic heterocycles. The lowest BCUT2D eigenvalue weighted by molar-refractivity contribution is -0.119. The summed E-state index contributed by atoms with van der Waals surface area (Å²) in [4.78, 5) is 17.7. The molecule has 1 N–H and O–H groups in total. The summed E-state index contributed by atoms with van der Waals surface area (Å²) in [6.45, 7) is 6.55. The fourth-order valence-corrected chi connectivity index (χ4v) is 6.38. The Bertz CT molecular complexity index is 1240. The number of amides is 1. The van der Waals surface area contributed by atoms with Crippen LogP contribution in [-0.2, 0) is 20.2 Å². The average molecular weight is 474 g/mol. The molecule has 1 fully saturated rings. The molecule has 3 aromatic rings. The molecular weight excluding hydrogens is 446 g/mol. The molecule has 9 heteroatoms. The zero-order valence-corrected chi connectivity index (χ0v) is 20.2. The van der Waals surface area contributed by atoms with Crippen LogP contribution >= 0.6 is 11.3 Å². The number of rotatable bonds is 5. The van der Waals surface area contributed by atoms with Crippen LogP contribution in [0.4, 0.5) is 5.13 Å². The summed E-state index contributed by atoms with van der Waals surface area (Å²) in [5.74, 6) is 0.355. The van der Waals surface area contributed by atoms with Crippen LogP contribution in [0.15, 0.2) is 47.4 Å². The topological polar surface area (TPSA) is 88.6 Å². The molecule has 0 bridgehead atoms. The van der Waals surface area contributed by atoms with Crippen LogP contribution in [0, 0.1) is 0 Å². The molecule has 1 amide bonds. The van der Waals surface area contributed by atoms with E-state index in [0.717, 1.165) is 15.8 Å². The molecule has 0 unspecified atom stereocenters. The number of carbonyl (C=O) groups is 1. The van der Waals surface area contributed by atoms with Gasteiger partial charge in [-0.2, -0.15) is 4.31 Å². The van der Waals surface area contributed by atoms with Gasteiger partial charge in [0.15, 0.2) is 5.13 Å². The van der Waals surface area contributed by atoms with E-state index in [9.17, 15) is 13.2 Å². The molecule has 170 valence electrons. The van der Waals surface area contributed by atoms with Crippen molar-refractivity contribution in [3.63, 3.8) is 0 Å². The highest BCUT2D eigenvalue weighted by Crippen LogP contribution is 2.32. The second-order valence-corrected chi connectivity index (χ2v) is 11.8. The number of nitrogens with zero attached hydrogens (tertiary/aromatic N) is 2. The summed E-state index contributed by atoms with van der Waals surface area (Å²) in [5.41, 5.74) is 1.74. The lowest BCUT2D eigenvalue weighted by atomic mass is 9.87. The number of thiazole rings is 1. The zero-order chi connectivity index (χ0) is 23.1. The first-order chi connectivity index (χ1) is 15.1. The number of benzene rings is 2. The van der Waals surface area contributed by atoms with Crippen LogP contribution in [0.1, 0.15) is 39.2 Å². The Labute approximate surface area is 192 Å². The molecule has 2 aromatic carbocycles. The maximum Gasteiger partial charge on any atom is 0.244 e. The average Bonchev–Trinajstić information content (AvgIpc) is 3.39. The lowest BCUT2D eigenvalue weighted by Gasteiger charge is -2.24. The quantitative estimate of drug-likeness (QED) is 0.594. The van der Waals surface area contributed by atoms with Crippen LogP contribution in [-0.4, -0.2) is 43.3 Å². The molecule has 1 atom stereocenters. The normalized spacial score (nSPS) is 17.6. The minimum absolute atomic E-state index is 0.0698. The molecule has 4 rings (SSSR count). The Hall–Kier alpha value is -2.49. The van der Waals surface area contributed by atoms with E-state index >= 15 is 0 Å². The fraction of sp³-hybridized carbons (Fsp3) is 0.391. The molecule has 0 aliphatic carbocycles. The first-order valence-corrected chi connectivity index (χ1v) is 12.7. The summed E-state index contributed by atoms with van der Waals surface area (Å²) in [6.07, 6.45) is 1.11. The van der Waals surface area contributed by atoms with E-state index in [1.165, 1.54) is 15.6 Å². The van der Waals surface area contributed by atoms with Crippen molar-refractivity contribution >= 4 is 42.6 Å². The SMILES string of the molecule is COc1ccc2nc(NC(=O)[C@H]3CCCN3S(=O)(=O)c3ccc(C(C)(C)C)cc3)sc2c1. The first-order valence-electron chi connectivity index (χ1n) is 10.5. The smallest absolute Gasteiger partial charge is 0.244 e. The van der Waals surface area contributed by atoms with Gasteiger partial charge >= 0.3 is 0 Å². The Morgan fingerprint density at radius 1 is 1.19 bits per heavy atom. The number of nitrogens with one attached hydrogen (secondary N) is 1. The minimum atomic E-state index is -3.78. The summed E-state index contributed by atoms with van der Waals surface area (Å²) < 4.78 is 34.0. The molecule has 1 aliphatic rings. The Balaban J connectivity index is 1.54. The van der Waals surface area contributed by atoms with Crippen molar-refractivity contribution in [2.45, 2.75) is 50.0 Å². The predicted octanol–water partition coefficient (Wildman–Crippen LogP) is 4.39. The van der Waals surface area contributed by atoms with E-state index in [-0.39, 0.29) is 16.2 Å². The summed E-state index contributed by atoms with van der Waals surface area (Å²) in [5, 5.41) is 3.26. The maximum atomic E-state index is 13.3. The Morgan fingerprint density at radius 3 is 2.56 bits per heavy atom. The van der Waals surface area contributed by atoms with Crippen molar-refractivity contribution in [3.05, 3.63) is 48.0 Å². The van der Waals surface area contributed by atoms with Gasteiger partial charge < -0.3 is 10.1 Å². The molecule has 7 nitrogen and oxygen atoms in total. The van der Waals surface area contributed by atoms with Gasteiger partial charge in [-0.25, -0.2) is 13.4 Å². The maximum absolute atomic E-state index is 13.3. The number of aromatic nitrogens is 1. The molecule has 0 radical (unpaired) electrons. The van der Waals surface area contributed by atoms with Crippen LogP contribution in [0.2, 0.25) is 0 Å². The fourth-order valence-electron chi connectivity index (χ4n) is 3.83. The van der Waals surface area contributed by atoms with Crippen molar-refractivity contribution in [1.82, 2.24) is 9.29 Å². The number of fused-ring (bicyclic) bond motifs is 1. The van der Waals surface area contributed by atoms with Gasteiger partial charge in [0.2, 0.25) is 15.9 Å². The van der Waals surface area contributed by atoms with Crippen LogP contribution in [0.3, 0.4) is 0 Å². The van der Waals surface area contributed by atoms with E-state index in [1.54, 1.807) is 19.2 Å². The second-order valence-electron chi connectivity index (χ2n) is 8.89. The van der Waals surface area contributed by atoms with E-state index in [4.69, 9.17) is 4.74 Å². The Kier molecular flexibility index (Phi) is 6.00. The number of methoxy groups -OCH3 is 1. The number of hydrogen-bond donors (Lipinski definition) is 1. The number of hydrogen-bond acceptors (Lipinski definition) is 6. The van der Waals surface area contributed by atoms with Crippen LogP contribution in [0.5, 0.6) is 5.75 Å². The highest BCUT2D eigenvalue weighted by molar-refractivity contribution is 7.89. The van der Waals surface area contributed by atoms with Gasteiger partial charge in [0, 0.05) is 6.54 Å². The van der Waals surface area contributed by atoms with E-state index in [1.807, 2.05) is 30.3 Å². The Morgan fingerprint density at radius 2 is 1.91 bits per heavy atom. The summed E-state index contributed by atoms with van der Waals surface area (Å²) in [6, 6.07) is 11.7. The standard InChI is InChI=1S/C23H27N3O4S2/c1-23(2,3)15-7-10-17(11-8-15)32(28,29)26-13-5-6-19(26)21(27)25-22-24-18-12-9-16(30-4)14-20(18)31-22/h7-12,14,19H,5-6,13H2,1-4H3,(H,24,25,27)/t19-/m1/s1. The van der Waals surface area contributed by atoms with E-state index in [2.05, 4.69) is 31.1 Å². The zero-order valence-electron chi connectivity index (χ0n) is 18.6. The number of sulfonamides is 1. The van der Waals surface area contributed by atoms with E-state index in [0.29, 0.717) is 30.3 Å². The van der Waals surface area contributed by atoms with Crippen LogP contribution < -0.4 is 10.1 Å². The second kappa shape index (κ2) is 8.46. The van der Waals surface area contributed by atoms with Gasteiger partial charge in [0.05, 0.1) is 22.2 Å². The third kappa shape index (κ3) is 4.37. The van der Waals surface area contributed by atoms with Crippen molar-refractivity contribution in [2.24, 2.45) is 0 Å². The molecule has 1 aliphatic heterocycles. The third-order valence-electron chi connectivity index (χ3n) is 5.66. The van der Waals surface area contributed by atoms with Crippen LogP contribution in [0.25, 0.3) is 10.2 Å². The third-order valence-corrected chi connectivity index (χ3v) is 8.52. The van der Waals surface area contributed by atoms with Crippen molar-refractivity contribution < 1.29 is 17.9 Å². The predicted molar refractivity (Wildman–Crippen MR) is 127 cm³/mol. The number of anilines is 1. The number of ether oxygens (including phenoxy) is 1. The highest BCUT2D eigenvalue weighted by atomic mass is 32.2. The van der Waals surface area contributed by atoms with Gasteiger partial charge in [0.1, 0.15) is 11.8 Å².